The zero-order chi connectivity index (χ0) is 16.4. The maximum Gasteiger partial charge on any atom is 0.323 e. The number of carbonyl (C=O) groups excluding carboxylic acids is 1. The van der Waals surface area contributed by atoms with Crippen LogP contribution in [0, 0.1) is 29.1 Å². The van der Waals surface area contributed by atoms with E-state index in [1.165, 1.54) is 6.92 Å². The molecule has 0 heterocycles. The molecule has 1 aromatic carbocycles. The van der Waals surface area contributed by atoms with Gasteiger partial charge in [0.05, 0.1) is 6.61 Å². The molecule has 0 fully saturated rings. The second-order valence-corrected chi connectivity index (χ2v) is 5.33. The largest absolute Gasteiger partial charge is 0.465 e. The van der Waals surface area contributed by atoms with Gasteiger partial charge in [-0.1, -0.05) is 0 Å². The average Bonchev–Trinajstić information content (AvgIpc) is 2.39. The molecule has 1 N–H and O–H groups in total. The molecule has 0 radical (unpaired) electrons. The predicted molar refractivity (Wildman–Crippen MR) is 60.3 cm³/mol. The highest BCUT2D eigenvalue weighted by Gasteiger charge is 2.29. The minimum absolute atomic E-state index is 0.156. The van der Waals surface area contributed by atoms with Crippen molar-refractivity contribution in [2.75, 3.05) is 17.1 Å². The highest BCUT2D eigenvalue weighted by atomic mass is 32.2. The van der Waals surface area contributed by atoms with Crippen LogP contribution in [0.25, 0.3) is 0 Å². The number of anilines is 1. The highest BCUT2D eigenvalue weighted by Crippen LogP contribution is 2.27. The molecule has 0 atom stereocenters. The second-order valence-electron chi connectivity index (χ2n) is 3.61. The van der Waals surface area contributed by atoms with E-state index in [0.717, 1.165) is 4.72 Å². The van der Waals surface area contributed by atoms with Crippen molar-refractivity contribution in [1.82, 2.24) is 0 Å². The first-order valence-corrected chi connectivity index (χ1v) is 6.93. The first-order valence-electron chi connectivity index (χ1n) is 5.28. The zero-order valence-corrected chi connectivity index (χ0v) is 11.2. The van der Waals surface area contributed by atoms with E-state index in [-0.39, 0.29) is 6.61 Å². The van der Waals surface area contributed by atoms with E-state index in [2.05, 4.69) is 4.74 Å². The van der Waals surface area contributed by atoms with Crippen molar-refractivity contribution in [1.29, 1.82) is 0 Å². The number of rotatable bonds is 5. The Balaban J connectivity index is 3.17. The van der Waals surface area contributed by atoms with E-state index in [4.69, 9.17) is 0 Å². The average molecular weight is 333 g/mol. The van der Waals surface area contributed by atoms with Gasteiger partial charge in [-0.3, -0.25) is 9.52 Å². The van der Waals surface area contributed by atoms with Crippen molar-refractivity contribution in [3.05, 3.63) is 29.1 Å². The van der Waals surface area contributed by atoms with Gasteiger partial charge in [-0.25, -0.2) is 30.4 Å². The summed E-state index contributed by atoms with van der Waals surface area (Å²) in [4.78, 5) is 11.0. The summed E-state index contributed by atoms with van der Waals surface area (Å²) >= 11 is 0. The molecule has 0 saturated carbocycles. The monoisotopic (exact) mass is 333 g/mol. The van der Waals surface area contributed by atoms with Crippen LogP contribution < -0.4 is 4.72 Å². The Morgan fingerprint density at radius 1 is 1.00 bits per heavy atom. The van der Waals surface area contributed by atoms with Crippen molar-refractivity contribution < 1.29 is 39.9 Å². The lowest BCUT2D eigenvalue weighted by Gasteiger charge is -2.11. The van der Waals surface area contributed by atoms with E-state index >= 15 is 0 Å². The van der Waals surface area contributed by atoms with E-state index in [0.29, 0.717) is 0 Å². The number of esters is 1. The van der Waals surface area contributed by atoms with Gasteiger partial charge < -0.3 is 4.74 Å². The molecule has 1 aromatic rings. The zero-order valence-electron chi connectivity index (χ0n) is 10.3. The Labute approximate surface area is 115 Å². The Morgan fingerprint density at radius 2 is 1.43 bits per heavy atom. The number of hydrogen-bond acceptors (Lipinski definition) is 4. The van der Waals surface area contributed by atoms with Crippen molar-refractivity contribution in [2.24, 2.45) is 0 Å². The van der Waals surface area contributed by atoms with E-state index in [1.54, 1.807) is 0 Å². The maximum atomic E-state index is 13.3. The summed E-state index contributed by atoms with van der Waals surface area (Å²) in [5.41, 5.74) is -1.77. The highest BCUT2D eigenvalue weighted by molar-refractivity contribution is 7.93. The number of ether oxygens (including phenoxy) is 1. The number of benzene rings is 1. The van der Waals surface area contributed by atoms with Crippen LogP contribution in [-0.4, -0.2) is 26.7 Å². The van der Waals surface area contributed by atoms with Crippen molar-refractivity contribution in [3.63, 3.8) is 0 Å². The molecule has 11 heteroatoms. The third-order valence-electron chi connectivity index (χ3n) is 2.08. The van der Waals surface area contributed by atoms with Gasteiger partial charge in [0.15, 0.2) is 29.0 Å². The summed E-state index contributed by atoms with van der Waals surface area (Å²) in [6.45, 7) is 1.22. The van der Waals surface area contributed by atoms with Crippen LogP contribution in [0.5, 0.6) is 0 Å². The van der Waals surface area contributed by atoms with Gasteiger partial charge in [0.2, 0.25) is 15.8 Å². The van der Waals surface area contributed by atoms with Crippen LogP contribution >= 0.6 is 0 Å². The molecule has 0 aromatic heterocycles. The molecule has 1 rings (SSSR count). The molecule has 0 saturated heterocycles. The number of halogens is 5. The lowest BCUT2D eigenvalue weighted by molar-refractivity contribution is -0.139. The third kappa shape index (κ3) is 3.80. The van der Waals surface area contributed by atoms with Crippen molar-refractivity contribution in [2.45, 2.75) is 6.92 Å². The number of hydrogen-bond donors (Lipinski definition) is 1. The molecule has 5 nitrogen and oxygen atoms in total. The molecule has 118 valence electrons. The fourth-order valence-corrected chi connectivity index (χ4v) is 2.20. The molecule has 0 bridgehead atoms. The van der Waals surface area contributed by atoms with Crippen LogP contribution in [-0.2, 0) is 19.6 Å². The molecule has 21 heavy (non-hydrogen) atoms. The number of carbonyl (C=O) groups is 1. The minimum Gasteiger partial charge on any atom is -0.465 e. The molecule has 0 aliphatic carbocycles. The Bertz CT molecular complexity index is 648. The lowest BCUT2D eigenvalue weighted by atomic mass is 10.2. The molecule has 0 aliphatic heterocycles. The molecule has 0 spiro atoms. The minimum atomic E-state index is -4.71. The number of nitrogens with one attached hydrogen (secondary N) is 1. The van der Waals surface area contributed by atoms with E-state index in [1.807, 2.05) is 0 Å². The molecule has 0 unspecified atom stereocenters. The lowest BCUT2D eigenvalue weighted by Crippen LogP contribution is -2.26. The van der Waals surface area contributed by atoms with Crippen molar-refractivity contribution in [3.8, 4) is 0 Å². The Morgan fingerprint density at radius 3 is 1.86 bits per heavy atom. The smallest absolute Gasteiger partial charge is 0.323 e. The maximum absolute atomic E-state index is 13.3. The van der Waals surface area contributed by atoms with Gasteiger partial charge in [-0.05, 0) is 6.92 Å². The normalized spacial score (nSPS) is 11.3. The van der Waals surface area contributed by atoms with E-state index in [9.17, 15) is 35.2 Å². The summed E-state index contributed by atoms with van der Waals surface area (Å²) in [6.07, 6.45) is 0. The number of sulfonamides is 1. The molecule has 0 aliphatic rings. The van der Waals surface area contributed by atoms with Gasteiger partial charge in [-0.15, -0.1) is 0 Å². The second kappa shape index (κ2) is 6.24. The van der Waals surface area contributed by atoms with Gasteiger partial charge in [-0.2, -0.15) is 0 Å². The van der Waals surface area contributed by atoms with Gasteiger partial charge in [0.1, 0.15) is 5.69 Å². The summed E-state index contributed by atoms with van der Waals surface area (Å²) in [6, 6.07) is 0. The first-order chi connectivity index (χ1) is 9.60. The van der Waals surface area contributed by atoms with Gasteiger partial charge >= 0.3 is 5.97 Å². The quantitative estimate of drug-likeness (QED) is 0.385. The molecular weight excluding hydrogens is 325 g/mol. The van der Waals surface area contributed by atoms with Crippen LogP contribution in [0.3, 0.4) is 0 Å². The Hall–Kier alpha value is -1.91. The van der Waals surface area contributed by atoms with Crippen LogP contribution in [0.15, 0.2) is 0 Å². The summed E-state index contributed by atoms with van der Waals surface area (Å²) in [7, 11) is -4.71. The SMILES string of the molecule is CCOC(=O)CS(=O)(=O)Nc1c(F)c(F)c(F)c(F)c1F. The van der Waals surface area contributed by atoms with Crippen LogP contribution in [0.1, 0.15) is 6.92 Å². The topological polar surface area (TPSA) is 72.5 Å². The summed E-state index contributed by atoms with van der Waals surface area (Å²) in [5, 5.41) is 0. The fraction of sp³-hybridized carbons (Fsp3) is 0.300. The van der Waals surface area contributed by atoms with Gasteiger partial charge in [0.25, 0.3) is 0 Å². The van der Waals surface area contributed by atoms with Gasteiger partial charge in [0, 0.05) is 0 Å². The van der Waals surface area contributed by atoms with E-state index < -0.39 is 56.5 Å². The van der Waals surface area contributed by atoms with Crippen LogP contribution in [0.4, 0.5) is 27.6 Å². The van der Waals surface area contributed by atoms with Crippen molar-refractivity contribution >= 4 is 21.7 Å². The summed E-state index contributed by atoms with van der Waals surface area (Å²) < 4.78 is 93.3. The predicted octanol–water partition coefficient (Wildman–Crippen LogP) is 1.69. The molecule has 0 amide bonds. The summed E-state index contributed by atoms with van der Waals surface area (Å²) in [5.74, 6) is -14.4. The molecular formula is C10H8F5NO4S. The third-order valence-corrected chi connectivity index (χ3v) is 3.21. The fourth-order valence-electron chi connectivity index (χ4n) is 1.24. The Kier molecular flexibility index (Phi) is 5.10. The first kappa shape index (κ1) is 17.1. The van der Waals surface area contributed by atoms with Crippen LogP contribution in [0.2, 0.25) is 0 Å². The standard InChI is InChI=1S/C10H8F5NO4S/c1-2-20-4(17)3-21(18,19)16-10-8(14)6(12)5(11)7(13)9(10)15/h16H,2-3H2,1H3.